The first-order chi connectivity index (χ1) is 10.9. The van der Waals surface area contributed by atoms with Gasteiger partial charge in [0.15, 0.2) is 0 Å². The first kappa shape index (κ1) is 16.1. The molecule has 0 radical (unpaired) electrons. The van der Waals surface area contributed by atoms with Gasteiger partial charge in [-0.3, -0.25) is 0 Å². The highest BCUT2D eigenvalue weighted by atomic mass is 19.4. The third kappa shape index (κ3) is 3.13. The van der Waals surface area contributed by atoms with Gasteiger partial charge in [0.05, 0.1) is 5.56 Å². The van der Waals surface area contributed by atoms with Crippen LogP contribution in [0, 0.1) is 0 Å². The van der Waals surface area contributed by atoms with Crippen molar-refractivity contribution in [2.75, 3.05) is 14.1 Å². The second-order valence-corrected chi connectivity index (χ2v) is 6.36. The standard InChI is InChI=1S/C19H20F3N/c1-23(2)18-11-10-15(16-8-3-4-9-17(16)18)13-6-5-7-14(12-13)19(20,21)22/h3-9,12,15,18H,10-11H2,1-2H3/t15-,18-/m0/s1. The Morgan fingerprint density at radius 1 is 0.913 bits per heavy atom. The summed E-state index contributed by atoms with van der Waals surface area (Å²) in [7, 11) is 4.10. The Kier molecular flexibility index (Phi) is 4.19. The zero-order chi connectivity index (χ0) is 16.6. The van der Waals surface area contributed by atoms with Crippen LogP contribution in [-0.4, -0.2) is 19.0 Å². The average molecular weight is 319 g/mol. The van der Waals surface area contributed by atoms with Crippen LogP contribution in [0.5, 0.6) is 0 Å². The number of halogens is 3. The molecule has 0 bridgehead atoms. The molecule has 2 aromatic carbocycles. The van der Waals surface area contributed by atoms with Crippen molar-refractivity contribution in [2.24, 2.45) is 0 Å². The summed E-state index contributed by atoms with van der Waals surface area (Å²) in [5.74, 6) is 0.0321. The van der Waals surface area contributed by atoms with E-state index in [1.54, 1.807) is 0 Å². The van der Waals surface area contributed by atoms with Crippen LogP contribution in [0.1, 0.15) is 47.1 Å². The van der Waals surface area contributed by atoms with Gasteiger partial charge in [-0.2, -0.15) is 13.2 Å². The molecule has 1 aliphatic rings. The van der Waals surface area contributed by atoms with E-state index in [1.165, 1.54) is 17.7 Å². The number of benzene rings is 2. The summed E-state index contributed by atoms with van der Waals surface area (Å²) in [6.07, 6.45) is -2.48. The smallest absolute Gasteiger partial charge is 0.302 e. The highest BCUT2D eigenvalue weighted by Crippen LogP contribution is 2.43. The van der Waals surface area contributed by atoms with Crippen LogP contribution in [0.2, 0.25) is 0 Å². The minimum absolute atomic E-state index is 0.0321. The fourth-order valence-electron chi connectivity index (χ4n) is 3.58. The lowest BCUT2D eigenvalue weighted by molar-refractivity contribution is -0.137. The lowest BCUT2D eigenvalue weighted by atomic mass is 9.76. The maximum absolute atomic E-state index is 13.0. The Morgan fingerprint density at radius 3 is 2.26 bits per heavy atom. The summed E-state index contributed by atoms with van der Waals surface area (Å²) in [5, 5.41) is 0. The lowest BCUT2D eigenvalue weighted by Crippen LogP contribution is -2.26. The Morgan fingerprint density at radius 2 is 1.61 bits per heavy atom. The van der Waals surface area contributed by atoms with Crippen LogP contribution in [0.25, 0.3) is 0 Å². The van der Waals surface area contributed by atoms with Crippen LogP contribution in [-0.2, 0) is 6.18 Å². The molecule has 0 spiro atoms. The van der Waals surface area contributed by atoms with E-state index in [4.69, 9.17) is 0 Å². The molecular weight excluding hydrogens is 299 g/mol. The molecule has 2 atom stereocenters. The number of hydrogen-bond acceptors (Lipinski definition) is 1. The molecule has 23 heavy (non-hydrogen) atoms. The molecule has 0 N–H and O–H groups in total. The SMILES string of the molecule is CN(C)[C@H]1CC[C@@H](c2cccc(C(F)(F)F)c2)c2ccccc21. The number of nitrogens with zero attached hydrogens (tertiary/aromatic N) is 1. The minimum Gasteiger partial charge on any atom is -0.302 e. The molecule has 1 aliphatic carbocycles. The monoisotopic (exact) mass is 319 g/mol. The maximum Gasteiger partial charge on any atom is 0.416 e. The normalized spacial score (nSPS) is 21.3. The zero-order valence-electron chi connectivity index (χ0n) is 13.3. The quantitative estimate of drug-likeness (QED) is 0.732. The second kappa shape index (κ2) is 6.00. The van der Waals surface area contributed by atoms with Crippen molar-refractivity contribution in [1.29, 1.82) is 0 Å². The molecular formula is C19H20F3N. The van der Waals surface area contributed by atoms with E-state index in [1.807, 2.05) is 32.3 Å². The molecule has 0 aliphatic heterocycles. The third-order valence-corrected chi connectivity index (χ3v) is 4.70. The number of fused-ring (bicyclic) bond motifs is 1. The largest absolute Gasteiger partial charge is 0.416 e. The van der Waals surface area contributed by atoms with E-state index in [-0.39, 0.29) is 5.92 Å². The van der Waals surface area contributed by atoms with Gasteiger partial charge in [0.25, 0.3) is 0 Å². The zero-order valence-corrected chi connectivity index (χ0v) is 13.3. The molecule has 1 nitrogen and oxygen atoms in total. The first-order valence-corrected chi connectivity index (χ1v) is 7.80. The Labute approximate surface area is 134 Å². The molecule has 3 rings (SSSR count). The van der Waals surface area contributed by atoms with Crippen molar-refractivity contribution in [3.8, 4) is 0 Å². The number of alkyl halides is 3. The fourth-order valence-corrected chi connectivity index (χ4v) is 3.58. The van der Waals surface area contributed by atoms with Gasteiger partial charge in [0.1, 0.15) is 0 Å². The molecule has 0 unspecified atom stereocenters. The van der Waals surface area contributed by atoms with Crippen molar-refractivity contribution in [3.05, 3.63) is 70.8 Å². The van der Waals surface area contributed by atoms with E-state index in [2.05, 4.69) is 17.0 Å². The average Bonchev–Trinajstić information content (AvgIpc) is 2.53. The van der Waals surface area contributed by atoms with Gasteiger partial charge in [-0.15, -0.1) is 0 Å². The van der Waals surface area contributed by atoms with E-state index in [0.29, 0.717) is 6.04 Å². The topological polar surface area (TPSA) is 3.24 Å². The van der Waals surface area contributed by atoms with Gasteiger partial charge < -0.3 is 4.90 Å². The summed E-state index contributed by atoms with van der Waals surface area (Å²) in [5.41, 5.74) is 2.56. The molecule has 4 heteroatoms. The summed E-state index contributed by atoms with van der Waals surface area (Å²) in [6.45, 7) is 0. The Hall–Kier alpha value is -1.81. The van der Waals surface area contributed by atoms with Crippen molar-refractivity contribution >= 4 is 0 Å². The minimum atomic E-state index is -4.30. The van der Waals surface area contributed by atoms with Gasteiger partial charge in [-0.05, 0) is 49.7 Å². The highest BCUT2D eigenvalue weighted by Gasteiger charge is 2.33. The lowest BCUT2D eigenvalue weighted by Gasteiger charge is -2.35. The molecule has 2 aromatic rings. The summed E-state index contributed by atoms with van der Waals surface area (Å²) in [6, 6.07) is 14.2. The molecule has 0 heterocycles. The Balaban J connectivity index is 2.03. The van der Waals surface area contributed by atoms with Crippen molar-refractivity contribution < 1.29 is 13.2 Å². The van der Waals surface area contributed by atoms with E-state index < -0.39 is 11.7 Å². The van der Waals surface area contributed by atoms with Crippen molar-refractivity contribution in [2.45, 2.75) is 31.0 Å². The number of rotatable bonds is 2. The van der Waals surface area contributed by atoms with Gasteiger partial charge in [0.2, 0.25) is 0 Å². The van der Waals surface area contributed by atoms with Crippen LogP contribution < -0.4 is 0 Å². The van der Waals surface area contributed by atoms with Gasteiger partial charge in [-0.25, -0.2) is 0 Å². The molecule has 0 saturated carbocycles. The molecule has 122 valence electrons. The van der Waals surface area contributed by atoms with Crippen LogP contribution in [0.15, 0.2) is 48.5 Å². The predicted octanol–water partition coefficient (Wildman–Crippen LogP) is 5.23. The summed E-state index contributed by atoms with van der Waals surface area (Å²) >= 11 is 0. The fraction of sp³-hybridized carbons (Fsp3) is 0.368. The summed E-state index contributed by atoms with van der Waals surface area (Å²) in [4.78, 5) is 2.18. The molecule has 0 saturated heterocycles. The van der Waals surface area contributed by atoms with Crippen LogP contribution in [0.3, 0.4) is 0 Å². The molecule has 0 aromatic heterocycles. The summed E-state index contributed by atoms with van der Waals surface area (Å²) < 4.78 is 39.0. The van der Waals surface area contributed by atoms with Crippen molar-refractivity contribution in [3.63, 3.8) is 0 Å². The van der Waals surface area contributed by atoms with E-state index >= 15 is 0 Å². The van der Waals surface area contributed by atoms with E-state index in [9.17, 15) is 13.2 Å². The van der Waals surface area contributed by atoms with Crippen LogP contribution in [0.4, 0.5) is 13.2 Å². The van der Waals surface area contributed by atoms with Gasteiger partial charge in [-0.1, -0.05) is 42.5 Å². The molecule has 0 fully saturated rings. The van der Waals surface area contributed by atoms with E-state index in [0.717, 1.165) is 30.0 Å². The van der Waals surface area contributed by atoms with Gasteiger partial charge >= 0.3 is 6.18 Å². The second-order valence-electron chi connectivity index (χ2n) is 6.36. The highest BCUT2D eigenvalue weighted by molar-refractivity contribution is 5.43. The first-order valence-electron chi connectivity index (χ1n) is 7.80. The predicted molar refractivity (Wildman–Crippen MR) is 85.4 cm³/mol. The van der Waals surface area contributed by atoms with Gasteiger partial charge in [0, 0.05) is 12.0 Å². The molecule has 0 amide bonds. The van der Waals surface area contributed by atoms with Crippen LogP contribution >= 0.6 is 0 Å². The third-order valence-electron chi connectivity index (χ3n) is 4.70. The maximum atomic E-state index is 13.0. The number of hydrogen-bond donors (Lipinski definition) is 0. The van der Waals surface area contributed by atoms with Crippen molar-refractivity contribution in [1.82, 2.24) is 4.90 Å². The Bertz CT molecular complexity index is 691.